The minimum absolute atomic E-state index is 0.132. The molecule has 1 saturated heterocycles. The normalized spacial score (nSPS) is 24.1. The number of anilines is 1. The number of rotatable bonds is 1. The molecule has 1 fully saturated rings. The van der Waals surface area contributed by atoms with Crippen molar-refractivity contribution in [1.29, 1.82) is 0 Å². The van der Waals surface area contributed by atoms with Crippen LogP contribution in [0.25, 0.3) is 0 Å². The van der Waals surface area contributed by atoms with Gasteiger partial charge < -0.3 is 9.64 Å². The fourth-order valence-electron chi connectivity index (χ4n) is 2.23. The summed E-state index contributed by atoms with van der Waals surface area (Å²) in [7, 11) is 0. The standard InChI is InChI=1S/C10H17N3OS/c1-9(2)5-13(6-10(3,4)14-9)8-11-7-12-15-8/h7H,5-6H2,1-4H3. The van der Waals surface area contributed by atoms with E-state index in [4.69, 9.17) is 4.74 Å². The lowest BCUT2D eigenvalue weighted by atomic mass is 9.99. The Balaban J connectivity index is 2.21. The summed E-state index contributed by atoms with van der Waals surface area (Å²) in [5.41, 5.74) is -0.263. The first-order valence-electron chi connectivity index (χ1n) is 5.10. The Hall–Kier alpha value is -0.680. The first kappa shape index (κ1) is 10.8. The van der Waals surface area contributed by atoms with Gasteiger partial charge in [0.1, 0.15) is 6.33 Å². The molecular formula is C10H17N3OS. The lowest BCUT2D eigenvalue weighted by Crippen LogP contribution is -2.57. The van der Waals surface area contributed by atoms with E-state index in [1.165, 1.54) is 11.5 Å². The summed E-state index contributed by atoms with van der Waals surface area (Å²) in [4.78, 5) is 6.50. The van der Waals surface area contributed by atoms with Crippen LogP contribution in [0.1, 0.15) is 27.7 Å². The third kappa shape index (κ3) is 2.46. The molecule has 0 bridgehead atoms. The van der Waals surface area contributed by atoms with Crippen LogP contribution in [-0.4, -0.2) is 33.6 Å². The number of hydrogen-bond acceptors (Lipinski definition) is 5. The van der Waals surface area contributed by atoms with E-state index in [-0.39, 0.29) is 11.2 Å². The van der Waals surface area contributed by atoms with Gasteiger partial charge in [0.05, 0.1) is 11.2 Å². The Morgan fingerprint density at radius 3 is 2.33 bits per heavy atom. The first-order chi connectivity index (χ1) is 6.88. The Morgan fingerprint density at radius 1 is 1.27 bits per heavy atom. The molecular weight excluding hydrogens is 210 g/mol. The topological polar surface area (TPSA) is 38.2 Å². The summed E-state index contributed by atoms with van der Waals surface area (Å²) in [6.07, 6.45) is 1.61. The monoisotopic (exact) mass is 227 g/mol. The highest BCUT2D eigenvalue weighted by molar-refractivity contribution is 7.09. The number of ether oxygens (including phenoxy) is 1. The van der Waals surface area contributed by atoms with E-state index in [9.17, 15) is 0 Å². The highest BCUT2D eigenvalue weighted by Crippen LogP contribution is 2.31. The zero-order chi connectivity index (χ0) is 11.1. The van der Waals surface area contributed by atoms with Crippen molar-refractivity contribution >= 4 is 16.7 Å². The quantitative estimate of drug-likeness (QED) is 0.735. The third-order valence-corrected chi connectivity index (χ3v) is 3.04. The van der Waals surface area contributed by atoms with Gasteiger partial charge in [0, 0.05) is 24.6 Å². The van der Waals surface area contributed by atoms with Crippen LogP contribution in [0.4, 0.5) is 5.13 Å². The molecule has 5 heteroatoms. The molecule has 0 unspecified atom stereocenters. The molecule has 0 atom stereocenters. The van der Waals surface area contributed by atoms with E-state index in [1.807, 2.05) is 0 Å². The lowest BCUT2D eigenvalue weighted by Gasteiger charge is -2.46. The Labute approximate surface area is 94.4 Å². The number of morpholine rings is 1. The second-order valence-corrected chi connectivity index (χ2v) is 5.96. The van der Waals surface area contributed by atoms with Crippen molar-refractivity contribution in [3.8, 4) is 0 Å². The molecule has 2 rings (SSSR count). The van der Waals surface area contributed by atoms with Gasteiger partial charge in [-0.3, -0.25) is 0 Å². The van der Waals surface area contributed by atoms with Crippen molar-refractivity contribution in [3.05, 3.63) is 6.33 Å². The van der Waals surface area contributed by atoms with Crippen molar-refractivity contribution in [2.24, 2.45) is 0 Å². The Bertz CT molecular complexity index is 318. The van der Waals surface area contributed by atoms with Gasteiger partial charge in [-0.1, -0.05) is 0 Å². The highest BCUT2D eigenvalue weighted by Gasteiger charge is 2.38. The molecule has 0 aromatic carbocycles. The summed E-state index contributed by atoms with van der Waals surface area (Å²) >= 11 is 1.44. The van der Waals surface area contributed by atoms with Crippen LogP contribution in [0, 0.1) is 0 Å². The average Bonchev–Trinajstić information content (AvgIpc) is 2.48. The molecule has 0 N–H and O–H groups in total. The first-order valence-corrected chi connectivity index (χ1v) is 5.87. The summed E-state index contributed by atoms with van der Waals surface area (Å²) in [5, 5.41) is 0.986. The van der Waals surface area contributed by atoms with Gasteiger partial charge in [-0.05, 0) is 27.7 Å². The Morgan fingerprint density at radius 2 is 1.87 bits per heavy atom. The molecule has 0 saturated carbocycles. The Kier molecular flexibility index (Phi) is 2.47. The summed E-state index contributed by atoms with van der Waals surface area (Å²) in [6, 6.07) is 0. The molecule has 84 valence electrons. The van der Waals surface area contributed by atoms with Crippen LogP contribution in [0.2, 0.25) is 0 Å². The maximum Gasteiger partial charge on any atom is 0.205 e. The van der Waals surface area contributed by atoms with Crippen molar-refractivity contribution in [1.82, 2.24) is 9.36 Å². The molecule has 0 radical (unpaired) electrons. The van der Waals surface area contributed by atoms with Crippen LogP contribution in [0.15, 0.2) is 6.33 Å². The van der Waals surface area contributed by atoms with E-state index in [0.29, 0.717) is 0 Å². The summed E-state index contributed by atoms with van der Waals surface area (Å²) in [5.74, 6) is 0. The second-order valence-electron chi connectivity index (χ2n) is 5.20. The molecule has 0 amide bonds. The van der Waals surface area contributed by atoms with E-state index < -0.39 is 0 Å². The van der Waals surface area contributed by atoms with Crippen molar-refractivity contribution in [3.63, 3.8) is 0 Å². The molecule has 4 nitrogen and oxygen atoms in total. The fraction of sp³-hybridized carbons (Fsp3) is 0.800. The minimum atomic E-state index is -0.132. The summed E-state index contributed by atoms with van der Waals surface area (Å²) < 4.78 is 10.0. The van der Waals surface area contributed by atoms with Gasteiger partial charge in [-0.2, -0.15) is 4.37 Å². The van der Waals surface area contributed by atoms with E-state index in [2.05, 4.69) is 42.0 Å². The molecule has 1 aromatic rings. The van der Waals surface area contributed by atoms with Crippen LogP contribution < -0.4 is 4.90 Å². The SMILES string of the molecule is CC1(C)CN(c2ncns2)CC(C)(C)O1. The molecule has 1 aliphatic rings. The number of hydrogen-bond donors (Lipinski definition) is 0. The molecule has 2 heterocycles. The van der Waals surface area contributed by atoms with Gasteiger partial charge >= 0.3 is 0 Å². The van der Waals surface area contributed by atoms with Crippen LogP contribution in [0.5, 0.6) is 0 Å². The lowest BCUT2D eigenvalue weighted by molar-refractivity contribution is -0.133. The average molecular weight is 227 g/mol. The predicted molar refractivity (Wildman–Crippen MR) is 61.4 cm³/mol. The zero-order valence-corrected chi connectivity index (χ0v) is 10.5. The number of aromatic nitrogens is 2. The van der Waals surface area contributed by atoms with Crippen molar-refractivity contribution in [2.45, 2.75) is 38.9 Å². The zero-order valence-electron chi connectivity index (χ0n) is 9.65. The maximum atomic E-state index is 6.00. The molecule has 0 spiro atoms. The number of nitrogens with zero attached hydrogens (tertiary/aromatic N) is 3. The van der Waals surface area contributed by atoms with E-state index >= 15 is 0 Å². The summed E-state index contributed by atoms with van der Waals surface area (Å²) in [6.45, 7) is 10.2. The van der Waals surface area contributed by atoms with Gasteiger partial charge in [0.25, 0.3) is 0 Å². The molecule has 1 aromatic heterocycles. The smallest absolute Gasteiger partial charge is 0.205 e. The van der Waals surface area contributed by atoms with Crippen LogP contribution >= 0.6 is 11.5 Å². The van der Waals surface area contributed by atoms with Gasteiger partial charge in [-0.15, -0.1) is 0 Å². The van der Waals surface area contributed by atoms with E-state index in [0.717, 1.165) is 18.2 Å². The largest absolute Gasteiger partial charge is 0.366 e. The molecule has 0 aliphatic carbocycles. The maximum absolute atomic E-state index is 6.00. The molecule has 15 heavy (non-hydrogen) atoms. The highest BCUT2D eigenvalue weighted by atomic mass is 32.1. The van der Waals surface area contributed by atoms with Gasteiger partial charge in [0.15, 0.2) is 0 Å². The van der Waals surface area contributed by atoms with Crippen LogP contribution in [-0.2, 0) is 4.74 Å². The van der Waals surface area contributed by atoms with Gasteiger partial charge in [0.2, 0.25) is 5.13 Å². The molecule has 1 aliphatic heterocycles. The van der Waals surface area contributed by atoms with Gasteiger partial charge in [-0.25, -0.2) is 4.98 Å². The van der Waals surface area contributed by atoms with Crippen molar-refractivity contribution < 1.29 is 4.74 Å². The minimum Gasteiger partial charge on any atom is -0.366 e. The predicted octanol–water partition coefficient (Wildman–Crippen LogP) is 1.93. The fourth-order valence-corrected chi connectivity index (χ4v) is 2.76. The van der Waals surface area contributed by atoms with E-state index in [1.54, 1.807) is 6.33 Å². The van der Waals surface area contributed by atoms with Crippen LogP contribution in [0.3, 0.4) is 0 Å². The van der Waals surface area contributed by atoms with Crippen molar-refractivity contribution in [2.75, 3.05) is 18.0 Å². The second kappa shape index (κ2) is 3.42. The third-order valence-electron chi connectivity index (χ3n) is 2.32.